The average molecular weight is 298 g/mol. The Hall–Kier alpha value is -1.68. The van der Waals surface area contributed by atoms with Crippen molar-refractivity contribution in [2.75, 3.05) is 7.05 Å². The summed E-state index contributed by atoms with van der Waals surface area (Å²) in [6.45, 7) is 3.10. The summed E-state index contributed by atoms with van der Waals surface area (Å²) in [4.78, 5) is 14.6. The van der Waals surface area contributed by atoms with E-state index in [0.29, 0.717) is 6.04 Å². The minimum absolute atomic E-state index is 0.343. The summed E-state index contributed by atoms with van der Waals surface area (Å²) < 4.78 is 0. The number of H-pyrrole nitrogens is 1. The van der Waals surface area contributed by atoms with Gasteiger partial charge in [0.05, 0.1) is 0 Å². The molecule has 2 heterocycles. The van der Waals surface area contributed by atoms with Crippen molar-refractivity contribution >= 4 is 0 Å². The molecule has 1 fully saturated rings. The molecule has 1 aliphatic rings. The molecule has 22 heavy (non-hydrogen) atoms. The first-order valence-electron chi connectivity index (χ1n) is 8.35. The number of hydrogen-bond donors (Lipinski definition) is 1. The molecule has 4 nitrogen and oxygen atoms in total. The molecule has 1 aliphatic carbocycles. The van der Waals surface area contributed by atoms with E-state index in [9.17, 15) is 0 Å². The maximum absolute atomic E-state index is 4.57. The Morgan fingerprint density at radius 2 is 2.14 bits per heavy atom. The topological polar surface area (TPSA) is 44.8 Å². The minimum Gasteiger partial charge on any atom is -0.345 e. The average Bonchev–Trinajstić information content (AvgIpc) is 3.20. The van der Waals surface area contributed by atoms with E-state index in [-0.39, 0.29) is 0 Å². The van der Waals surface area contributed by atoms with Crippen molar-refractivity contribution in [1.82, 2.24) is 19.9 Å². The summed E-state index contributed by atoms with van der Waals surface area (Å²) in [6, 6.07) is 4.47. The van der Waals surface area contributed by atoms with Gasteiger partial charge in [-0.05, 0) is 31.5 Å². The number of nitrogens with one attached hydrogen (secondary N) is 1. The summed E-state index contributed by atoms with van der Waals surface area (Å²) >= 11 is 0. The highest BCUT2D eigenvalue weighted by Gasteiger charge is 2.17. The van der Waals surface area contributed by atoms with Crippen molar-refractivity contribution in [3.05, 3.63) is 47.8 Å². The zero-order chi connectivity index (χ0) is 15.4. The van der Waals surface area contributed by atoms with Gasteiger partial charge >= 0.3 is 0 Å². The van der Waals surface area contributed by atoms with Crippen LogP contribution in [0.5, 0.6) is 0 Å². The van der Waals surface area contributed by atoms with Crippen molar-refractivity contribution in [2.45, 2.75) is 51.6 Å². The molecule has 0 amide bonds. The lowest BCUT2D eigenvalue weighted by atomic mass is 10.0. The molecule has 0 aliphatic heterocycles. The van der Waals surface area contributed by atoms with Crippen LogP contribution in [-0.4, -0.2) is 26.9 Å². The van der Waals surface area contributed by atoms with E-state index in [2.05, 4.69) is 39.9 Å². The predicted octanol–water partition coefficient (Wildman–Crippen LogP) is 3.73. The third kappa shape index (κ3) is 3.74. The van der Waals surface area contributed by atoms with Gasteiger partial charge in [-0.2, -0.15) is 0 Å². The fraction of sp³-hybridized carbons (Fsp3) is 0.556. The number of nitrogens with zero attached hydrogens (tertiary/aromatic N) is 3. The SMILES string of the molecule is C[C@@H](c1cccnc1)N(C)Cc1cnc(CC2CCCC2)[nH]1. The van der Waals surface area contributed by atoms with Crippen LogP contribution in [0.2, 0.25) is 0 Å². The highest BCUT2D eigenvalue weighted by atomic mass is 15.1. The second-order valence-corrected chi connectivity index (χ2v) is 6.59. The van der Waals surface area contributed by atoms with Gasteiger partial charge in [-0.25, -0.2) is 4.98 Å². The standard InChI is InChI=1S/C18H26N4/c1-14(16-8-5-9-19-11-16)22(2)13-17-12-20-18(21-17)10-15-6-3-4-7-15/h5,8-9,11-12,14-15H,3-4,6-7,10,13H2,1-2H3,(H,20,21)/t14-/m0/s1. The Morgan fingerprint density at radius 1 is 1.32 bits per heavy atom. The van der Waals surface area contributed by atoms with Crippen LogP contribution in [0.15, 0.2) is 30.7 Å². The van der Waals surface area contributed by atoms with Gasteiger partial charge in [-0.1, -0.05) is 31.7 Å². The Kier molecular flexibility index (Phi) is 4.88. The van der Waals surface area contributed by atoms with Crippen molar-refractivity contribution in [1.29, 1.82) is 0 Å². The van der Waals surface area contributed by atoms with E-state index in [1.807, 2.05) is 24.7 Å². The molecule has 1 atom stereocenters. The fourth-order valence-corrected chi connectivity index (χ4v) is 3.36. The zero-order valence-electron chi connectivity index (χ0n) is 13.6. The number of aromatic amines is 1. The van der Waals surface area contributed by atoms with Crippen molar-refractivity contribution in [2.24, 2.45) is 5.92 Å². The van der Waals surface area contributed by atoms with Crippen LogP contribution in [0.4, 0.5) is 0 Å². The summed E-state index contributed by atoms with van der Waals surface area (Å²) in [5, 5.41) is 0. The van der Waals surface area contributed by atoms with Crippen LogP contribution < -0.4 is 0 Å². The van der Waals surface area contributed by atoms with Gasteiger partial charge in [0.2, 0.25) is 0 Å². The molecule has 0 radical (unpaired) electrons. The van der Waals surface area contributed by atoms with Gasteiger partial charge in [-0.15, -0.1) is 0 Å². The largest absolute Gasteiger partial charge is 0.345 e. The van der Waals surface area contributed by atoms with Crippen LogP contribution in [0.1, 0.15) is 55.7 Å². The Labute approximate surface area is 133 Å². The number of imidazole rings is 1. The lowest BCUT2D eigenvalue weighted by Gasteiger charge is -2.24. The van der Waals surface area contributed by atoms with E-state index < -0.39 is 0 Å². The zero-order valence-corrected chi connectivity index (χ0v) is 13.6. The molecule has 118 valence electrons. The maximum Gasteiger partial charge on any atom is 0.106 e. The van der Waals surface area contributed by atoms with Crippen LogP contribution in [0.3, 0.4) is 0 Å². The normalized spacial score (nSPS) is 17.2. The predicted molar refractivity (Wildman–Crippen MR) is 88.4 cm³/mol. The van der Waals surface area contributed by atoms with Crippen LogP contribution in [0.25, 0.3) is 0 Å². The first-order chi connectivity index (χ1) is 10.7. The maximum atomic E-state index is 4.57. The molecule has 0 aromatic carbocycles. The number of aromatic nitrogens is 3. The summed E-state index contributed by atoms with van der Waals surface area (Å²) in [6.07, 6.45) is 12.4. The van der Waals surface area contributed by atoms with E-state index in [1.54, 1.807) is 0 Å². The quantitative estimate of drug-likeness (QED) is 0.883. The van der Waals surface area contributed by atoms with Gasteiger partial charge in [0.1, 0.15) is 5.82 Å². The van der Waals surface area contributed by atoms with Crippen molar-refractivity contribution in [3.63, 3.8) is 0 Å². The molecule has 1 N–H and O–H groups in total. The highest BCUT2D eigenvalue weighted by molar-refractivity contribution is 5.13. The number of hydrogen-bond acceptors (Lipinski definition) is 3. The molecule has 0 saturated heterocycles. The molecule has 0 unspecified atom stereocenters. The summed E-state index contributed by atoms with van der Waals surface area (Å²) in [7, 11) is 2.15. The van der Waals surface area contributed by atoms with E-state index >= 15 is 0 Å². The van der Waals surface area contributed by atoms with Crippen LogP contribution in [-0.2, 0) is 13.0 Å². The third-order valence-corrected chi connectivity index (χ3v) is 4.89. The lowest BCUT2D eigenvalue weighted by Crippen LogP contribution is -2.22. The second kappa shape index (κ2) is 7.05. The summed E-state index contributed by atoms with van der Waals surface area (Å²) in [5.41, 5.74) is 2.45. The lowest BCUT2D eigenvalue weighted by molar-refractivity contribution is 0.250. The number of pyridine rings is 1. The fourth-order valence-electron chi connectivity index (χ4n) is 3.36. The molecule has 1 saturated carbocycles. The molecule has 3 rings (SSSR count). The van der Waals surface area contributed by atoms with Crippen LogP contribution >= 0.6 is 0 Å². The Balaban J connectivity index is 1.57. The van der Waals surface area contributed by atoms with Gasteiger partial charge in [0, 0.05) is 43.3 Å². The third-order valence-electron chi connectivity index (χ3n) is 4.89. The van der Waals surface area contributed by atoms with E-state index in [0.717, 1.165) is 24.7 Å². The molecular weight excluding hydrogens is 272 g/mol. The summed E-state index contributed by atoms with van der Waals surface area (Å²) in [5.74, 6) is 2.00. The molecule has 4 heteroatoms. The number of rotatable bonds is 6. The van der Waals surface area contributed by atoms with E-state index in [4.69, 9.17) is 0 Å². The molecule has 2 aromatic heterocycles. The molecule has 0 bridgehead atoms. The van der Waals surface area contributed by atoms with Crippen molar-refractivity contribution in [3.8, 4) is 0 Å². The monoisotopic (exact) mass is 298 g/mol. The molecular formula is C18H26N4. The first kappa shape index (κ1) is 15.2. The Bertz CT molecular complexity index is 572. The Morgan fingerprint density at radius 3 is 2.86 bits per heavy atom. The molecule has 2 aromatic rings. The van der Waals surface area contributed by atoms with Crippen LogP contribution in [0, 0.1) is 5.92 Å². The second-order valence-electron chi connectivity index (χ2n) is 6.59. The molecule has 0 spiro atoms. The van der Waals surface area contributed by atoms with Gasteiger partial charge in [-0.3, -0.25) is 9.88 Å². The minimum atomic E-state index is 0.343. The van der Waals surface area contributed by atoms with E-state index in [1.165, 1.54) is 36.9 Å². The van der Waals surface area contributed by atoms with Gasteiger partial charge < -0.3 is 4.98 Å². The highest BCUT2D eigenvalue weighted by Crippen LogP contribution is 2.27. The smallest absolute Gasteiger partial charge is 0.106 e. The first-order valence-corrected chi connectivity index (χ1v) is 8.35. The van der Waals surface area contributed by atoms with Crippen molar-refractivity contribution < 1.29 is 0 Å². The van der Waals surface area contributed by atoms with Gasteiger partial charge in [0.15, 0.2) is 0 Å². The van der Waals surface area contributed by atoms with Gasteiger partial charge in [0.25, 0.3) is 0 Å².